The van der Waals surface area contributed by atoms with E-state index in [4.69, 9.17) is 9.84 Å². The minimum atomic E-state index is -3.71. The van der Waals surface area contributed by atoms with Crippen LogP contribution >= 0.6 is 0 Å². The normalized spacial score (nSPS) is 17.2. The van der Waals surface area contributed by atoms with E-state index in [2.05, 4.69) is 32.8 Å². The molecule has 4 rings (SSSR count). The number of nitrogens with zero attached hydrogens (tertiary/aromatic N) is 4. The molecule has 0 saturated carbocycles. The molecular weight excluding hydrogens is 768 g/mol. The van der Waals surface area contributed by atoms with Gasteiger partial charge in [0.2, 0.25) is 0 Å². The average Bonchev–Trinajstić information content (AvgIpc) is 3.47. The summed E-state index contributed by atoms with van der Waals surface area (Å²) >= 11 is 0. The molecule has 0 radical (unpaired) electrons. The molecule has 3 atom stereocenters. The number of ether oxygens (including phenoxy) is 3. The van der Waals surface area contributed by atoms with Gasteiger partial charge in [0.05, 0.1) is 48.1 Å². The van der Waals surface area contributed by atoms with Crippen LogP contribution in [-0.2, 0) is 42.8 Å². The van der Waals surface area contributed by atoms with Gasteiger partial charge in [-0.1, -0.05) is 13.8 Å². The summed E-state index contributed by atoms with van der Waals surface area (Å²) in [4.78, 5) is 22.0. The van der Waals surface area contributed by atoms with E-state index in [9.17, 15) is 42.1 Å². The Hall–Kier alpha value is -2.87. The number of aliphatic hydroxyl groups is 2. The van der Waals surface area contributed by atoms with Crippen molar-refractivity contribution in [2.45, 2.75) is 55.4 Å². The summed E-state index contributed by atoms with van der Waals surface area (Å²) in [5, 5.41) is 51.7. The first-order valence-electron chi connectivity index (χ1n) is 14.8. The summed E-state index contributed by atoms with van der Waals surface area (Å²) in [6.07, 6.45) is -2.12. The summed E-state index contributed by atoms with van der Waals surface area (Å²) in [7, 11) is -5.27. The number of rotatable bonds is 10. The molecule has 2 heterocycles. The molecule has 1 fully saturated rings. The van der Waals surface area contributed by atoms with E-state index in [1.165, 1.54) is 54.7 Å². The largest absolute Gasteiger partial charge is 2.00 e. The molecule has 1 aromatic heterocycles. The van der Waals surface area contributed by atoms with Gasteiger partial charge in [-0.25, -0.2) is 19.8 Å². The van der Waals surface area contributed by atoms with Crippen molar-refractivity contribution in [1.29, 1.82) is 0 Å². The van der Waals surface area contributed by atoms with Crippen molar-refractivity contribution in [1.82, 2.24) is 9.55 Å². The summed E-state index contributed by atoms with van der Waals surface area (Å²) in [5.74, 6) is -0.566. The van der Waals surface area contributed by atoms with Crippen molar-refractivity contribution in [3.8, 4) is 5.88 Å². The quantitative estimate of drug-likeness (QED) is 0.0849. The third-order valence-corrected chi connectivity index (χ3v) is 9.03. The summed E-state index contributed by atoms with van der Waals surface area (Å²) in [6, 6.07) is 10.8. The van der Waals surface area contributed by atoms with Crippen LogP contribution in [0.25, 0.3) is 0 Å². The molecule has 19 nitrogen and oxygen atoms in total. The van der Waals surface area contributed by atoms with Gasteiger partial charge in [0.25, 0.3) is 20.2 Å². The van der Waals surface area contributed by atoms with Gasteiger partial charge in [0.15, 0.2) is 12.2 Å². The Balaban J connectivity index is 0.000000751. The number of hydrogen-bond acceptors (Lipinski definition) is 18. The van der Waals surface area contributed by atoms with Gasteiger partial charge in [-0.15, -0.1) is 0 Å². The maximum absolute atomic E-state index is 11.5. The molecule has 2 aromatic carbocycles. The molecule has 23 heteroatoms. The molecule has 0 aliphatic carbocycles. The fourth-order valence-electron chi connectivity index (χ4n) is 3.90. The van der Waals surface area contributed by atoms with Gasteiger partial charge in [0, 0.05) is 12.6 Å². The third-order valence-electron chi connectivity index (χ3n) is 6.45. The van der Waals surface area contributed by atoms with Crippen molar-refractivity contribution in [3.05, 3.63) is 70.8 Å². The second-order valence-electron chi connectivity index (χ2n) is 9.88. The van der Waals surface area contributed by atoms with Gasteiger partial charge in [-0.3, -0.25) is 12.9 Å². The average molecular weight is 805 g/mol. The minimum absolute atomic E-state index is 0. The zero-order chi connectivity index (χ0) is 38.4. The zero-order valence-electron chi connectivity index (χ0n) is 29.8. The standard InChI is InChI=1S/C10H14N2O5.2C10H13NO5S.Mg.Na/c1-5-3-12(10(16)11-9(5)15)8-2-6(14)7(4-13)17-8;2*1-3-16-10(12)11-8-4-6-9(7-5-8)17(13,14)15-2;;/h3,6-8,13-14H,2,4H2,1H3,(H,11,15,16);2*4-7H,3H2,1-2H3,(H,11,12);;/q;;;+2;+1/p-3. The van der Waals surface area contributed by atoms with E-state index < -0.39 is 62.4 Å². The van der Waals surface area contributed by atoms with E-state index in [1.54, 1.807) is 20.8 Å². The Morgan fingerprint density at radius 2 is 1.32 bits per heavy atom. The monoisotopic (exact) mass is 804 g/mol. The first kappa shape index (κ1) is 50.1. The molecule has 0 amide bonds. The second-order valence-corrected chi connectivity index (χ2v) is 13.3. The van der Waals surface area contributed by atoms with E-state index >= 15 is 0 Å². The molecule has 0 spiro atoms. The molecule has 0 bridgehead atoms. The Morgan fingerprint density at radius 1 is 0.906 bits per heavy atom. The summed E-state index contributed by atoms with van der Waals surface area (Å²) in [6.45, 7) is 5.03. The summed E-state index contributed by atoms with van der Waals surface area (Å²) in [5.41, 5.74) is 0.253. The van der Waals surface area contributed by atoms with Crippen LogP contribution in [0.2, 0.25) is 0 Å². The Kier molecular flexibility index (Phi) is 22.5. The van der Waals surface area contributed by atoms with Crippen LogP contribution in [0.5, 0.6) is 5.88 Å². The number of aromatic nitrogens is 2. The Labute approximate surface area is 344 Å². The Morgan fingerprint density at radius 3 is 1.66 bits per heavy atom. The van der Waals surface area contributed by atoms with E-state index in [-0.39, 0.29) is 88.6 Å². The summed E-state index contributed by atoms with van der Waals surface area (Å²) < 4.78 is 69.5. The van der Waals surface area contributed by atoms with E-state index in [1.807, 2.05) is 0 Å². The molecule has 282 valence electrons. The maximum atomic E-state index is 11.5. The second kappa shape index (κ2) is 23.8. The van der Waals surface area contributed by atoms with Crippen LogP contribution < -0.4 is 50.6 Å². The first-order valence-corrected chi connectivity index (χ1v) is 17.6. The van der Waals surface area contributed by atoms with Gasteiger partial charge in [-0.2, -0.15) is 16.8 Å². The number of aryl methyl sites for hydroxylation is 1. The van der Waals surface area contributed by atoms with Crippen molar-refractivity contribution < 1.29 is 94.5 Å². The maximum Gasteiger partial charge on any atom is 2.00 e. The van der Waals surface area contributed by atoms with Crippen molar-refractivity contribution >= 4 is 66.8 Å². The molecule has 1 aliphatic rings. The van der Waals surface area contributed by atoms with Crippen LogP contribution in [0.4, 0.5) is 11.4 Å². The number of aliphatic imine (C=N–C) groups is 2. The van der Waals surface area contributed by atoms with E-state index in [0.717, 1.165) is 18.8 Å². The van der Waals surface area contributed by atoms with Gasteiger partial charge in [-0.05, 0) is 80.1 Å². The number of benzene rings is 2. The van der Waals surface area contributed by atoms with Crippen molar-refractivity contribution in [3.63, 3.8) is 0 Å². The molecular formula is C30H37MgN4NaO15S2. The van der Waals surface area contributed by atoms with E-state index in [0.29, 0.717) is 16.9 Å². The molecule has 3 aromatic rings. The molecule has 1 saturated heterocycles. The Bertz CT molecular complexity index is 1820. The molecule has 1 aliphatic heterocycles. The zero-order valence-corrected chi connectivity index (χ0v) is 34.8. The van der Waals surface area contributed by atoms with Gasteiger partial charge in [0.1, 0.15) is 12.3 Å². The first-order chi connectivity index (χ1) is 24.0. The molecule has 53 heavy (non-hydrogen) atoms. The van der Waals surface area contributed by atoms with Crippen molar-refractivity contribution in [2.75, 3.05) is 34.0 Å². The predicted molar refractivity (Wildman–Crippen MR) is 179 cm³/mol. The van der Waals surface area contributed by atoms with Crippen LogP contribution in [-0.4, -0.2) is 118 Å². The minimum Gasteiger partial charge on any atom is -0.858 e. The SMILES string of the molecule is CCOC([O-])=Nc1ccc(S(=O)(=O)OC)cc1.CCOC([O-])=Nc1ccc(S(=O)(=O)OC)cc1.Cc1cn(C2CC(O)C(CO)O2)c(=O)nc1[O-].[Mg+2].[Na+]. The third kappa shape index (κ3) is 15.8. The van der Waals surface area contributed by atoms with Crippen LogP contribution in [0.3, 0.4) is 0 Å². The van der Waals surface area contributed by atoms with Crippen LogP contribution in [0.15, 0.2) is 79.3 Å². The van der Waals surface area contributed by atoms with Crippen LogP contribution in [0, 0.1) is 6.92 Å². The van der Waals surface area contributed by atoms with Crippen molar-refractivity contribution in [2.24, 2.45) is 9.98 Å². The smallest absolute Gasteiger partial charge is 0.858 e. The van der Waals surface area contributed by atoms with Crippen LogP contribution in [0.1, 0.15) is 32.1 Å². The topological polar surface area (TPSA) is 284 Å². The molecule has 3 unspecified atom stereocenters. The number of hydrogen-bond donors (Lipinski definition) is 2. The van der Waals surface area contributed by atoms with Gasteiger partial charge < -0.3 is 39.7 Å². The fourth-order valence-corrected chi connectivity index (χ4v) is 5.22. The van der Waals surface area contributed by atoms with Gasteiger partial charge >= 0.3 is 58.3 Å². The fraction of sp³-hybridized carbons (Fsp3) is 0.400. The predicted octanol–water partition coefficient (Wildman–Crippen LogP) is -4.30. The number of aliphatic hydroxyl groups excluding tert-OH is 2. The molecule has 2 N–H and O–H groups in total.